The van der Waals surface area contributed by atoms with Crippen molar-refractivity contribution in [3.63, 3.8) is 0 Å². The zero-order valence-electron chi connectivity index (χ0n) is 19.6. The van der Waals surface area contributed by atoms with Crippen molar-refractivity contribution in [2.45, 2.75) is 44.1 Å². The molecule has 2 aliphatic rings. The largest absolute Gasteiger partial charge is 0.377 e. The lowest BCUT2D eigenvalue weighted by Gasteiger charge is -2.30. The lowest BCUT2D eigenvalue weighted by molar-refractivity contribution is -0.122. The van der Waals surface area contributed by atoms with E-state index in [1.54, 1.807) is 0 Å². The maximum absolute atomic E-state index is 12.6. The van der Waals surface area contributed by atoms with Crippen LogP contribution in [0.3, 0.4) is 0 Å². The molecule has 2 atom stereocenters. The number of nitrogens with zero attached hydrogens (tertiary/aromatic N) is 2. The average Bonchev–Trinajstić information content (AvgIpc) is 3.65. The van der Waals surface area contributed by atoms with Crippen molar-refractivity contribution in [2.75, 3.05) is 30.9 Å². The first-order chi connectivity index (χ1) is 16.1. The van der Waals surface area contributed by atoms with E-state index in [9.17, 15) is 4.79 Å². The Bertz CT molecular complexity index is 1110. The molecule has 1 amide bonds. The van der Waals surface area contributed by atoms with Gasteiger partial charge >= 0.3 is 0 Å². The second-order valence-electron chi connectivity index (χ2n) is 9.90. The van der Waals surface area contributed by atoms with Crippen molar-refractivity contribution in [1.29, 1.82) is 0 Å². The first-order valence-electron chi connectivity index (χ1n) is 12.2. The van der Waals surface area contributed by atoms with Crippen molar-refractivity contribution in [1.82, 2.24) is 10.3 Å². The Hall–Kier alpha value is -3.08. The summed E-state index contributed by atoms with van der Waals surface area (Å²) in [7, 11) is 4.16. The van der Waals surface area contributed by atoms with Gasteiger partial charge in [0.25, 0.3) is 0 Å². The van der Waals surface area contributed by atoms with Crippen LogP contribution in [0, 0.1) is 11.8 Å². The summed E-state index contributed by atoms with van der Waals surface area (Å²) < 4.78 is 0. The predicted octanol–water partition coefficient (Wildman–Crippen LogP) is 5.19. The van der Waals surface area contributed by atoms with Crippen molar-refractivity contribution in [3.8, 4) is 0 Å². The Labute approximate surface area is 196 Å². The van der Waals surface area contributed by atoms with Crippen LogP contribution in [0.4, 0.5) is 11.5 Å². The van der Waals surface area contributed by atoms with Crippen LogP contribution < -0.4 is 15.5 Å². The van der Waals surface area contributed by atoms with Gasteiger partial charge in [-0.05, 0) is 55.6 Å². The second kappa shape index (κ2) is 9.42. The van der Waals surface area contributed by atoms with Crippen molar-refractivity contribution >= 4 is 28.3 Å². The van der Waals surface area contributed by atoms with E-state index in [0.29, 0.717) is 17.9 Å². The summed E-state index contributed by atoms with van der Waals surface area (Å²) in [4.78, 5) is 19.6. The van der Waals surface area contributed by atoms with E-state index in [1.165, 1.54) is 16.6 Å². The van der Waals surface area contributed by atoms with Crippen LogP contribution in [-0.4, -0.2) is 37.6 Å². The highest BCUT2D eigenvalue weighted by Crippen LogP contribution is 2.47. The van der Waals surface area contributed by atoms with Crippen LogP contribution in [0.5, 0.6) is 0 Å². The highest BCUT2D eigenvalue weighted by atomic mass is 16.2. The molecule has 0 aliphatic heterocycles. The molecule has 1 unspecified atom stereocenters. The van der Waals surface area contributed by atoms with Crippen LogP contribution in [0.1, 0.15) is 43.6 Å². The number of aromatic nitrogens is 1. The molecule has 1 heterocycles. The molecule has 2 saturated carbocycles. The Morgan fingerprint density at radius 2 is 1.73 bits per heavy atom. The molecule has 0 saturated heterocycles. The van der Waals surface area contributed by atoms with Gasteiger partial charge in [-0.15, -0.1) is 0 Å². The standard InChI is InChI=1S/C28H34N4O/c1-32(2)26-17-27(31-25-11-7-6-10-22(25)26)30-21-14-12-19(13-15-21)18-29-28(33)24-16-23(24)20-8-4-3-5-9-20/h3-11,17,19,21,23-24H,12-16,18H2,1-2H3,(H,29,33)(H,30,31)/t19?,21?,23-,24?/m0/s1. The fraction of sp³-hybridized carbons (Fsp3) is 0.429. The summed E-state index contributed by atoms with van der Waals surface area (Å²) in [6.07, 6.45) is 5.49. The molecule has 33 heavy (non-hydrogen) atoms. The van der Waals surface area contributed by atoms with Crippen LogP contribution in [-0.2, 0) is 4.79 Å². The van der Waals surface area contributed by atoms with Crippen LogP contribution in [0.2, 0.25) is 0 Å². The first kappa shape index (κ1) is 21.7. The van der Waals surface area contributed by atoms with Gasteiger partial charge in [-0.3, -0.25) is 4.79 Å². The van der Waals surface area contributed by atoms with E-state index >= 15 is 0 Å². The molecule has 2 N–H and O–H groups in total. The molecule has 0 radical (unpaired) electrons. The quantitative estimate of drug-likeness (QED) is 0.529. The maximum Gasteiger partial charge on any atom is 0.223 e. The monoisotopic (exact) mass is 442 g/mol. The molecule has 172 valence electrons. The summed E-state index contributed by atoms with van der Waals surface area (Å²) in [6.45, 7) is 0.808. The molecular weight excluding hydrogens is 408 g/mol. The molecule has 5 rings (SSSR count). The lowest BCUT2D eigenvalue weighted by Crippen LogP contribution is -2.34. The molecule has 0 spiro atoms. The van der Waals surface area contributed by atoms with E-state index in [1.807, 2.05) is 12.1 Å². The lowest BCUT2D eigenvalue weighted by atomic mass is 9.86. The van der Waals surface area contributed by atoms with Gasteiger partial charge in [-0.2, -0.15) is 0 Å². The SMILES string of the molecule is CN(C)c1cc(NC2CCC(CNC(=O)C3C[C@H]3c3ccccc3)CC2)nc2ccccc12. The zero-order valence-corrected chi connectivity index (χ0v) is 19.6. The van der Waals surface area contributed by atoms with Crippen molar-refractivity contribution in [3.05, 3.63) is 66.2 Å². The minimum Gasteiger partial charge on any atom is -0.377 e. The third kappa shape index (κ3) is 4.97. The highest BCUT2D eigenvalue weighted by Gasteiger charge is 2.43. The van der Waals surface area contributed by atoms with Crippen molar-refractivity contribution in [2.24, 2.45) is 11.8 Å². The van der Waals surface area contributed by atoms with Gasteiger partial charge in [0.2, 0.25) is 5.91 Å². The predicted molar refractivity (Wildman–Crippen MR) is 136 cm³/mol. The number of hydrogen-bond acceptors (Lipinski definition) is 4. The zero-order chi connectivity index (χ0) is 22.8. The number of benzene rings is 2. The van der Waals surface area contributed by atoms with E-state index < -0.39 is 0 Å². The number of amides is 1. The fourth-order valence-electron chi connectivity index (χ4n) is 5.25. The molecule has 2 aromatic carbocycles. The first-order valence-corrected chi connectivity index (χ1v) is 12.2. The topological polar surface area (TPSA) is 57.3 Å². The van der Waals surface area contributed by atoms with Gasteiger partial charge in [0.15, 0.2) is 0 Å². The Morgan fingerprint density at radius 3 is 2.48 bits per heavy atom. The summed E-state index contributed by atoms with van der Waals surface area (Å²) in [6, 6.07) is 21.3. The number of carbonyl (C=O) groups is 1. The van der Waals surface area contributed by atoms with Crippen molar-refractivity contribution < 1.29 is 4.79 Å². The molecule has 3 aromatic rings. The van der Waals surface area contributed by atoms with E-state index in [0.717, 1.165) is 50.0 Å². The van der Waals surface area contributed by atoms with E-state index in [4.69, 9.17) is 4.98 Å². The third-order valence-electron chi connectivity index (χ3n) is 7.29. The van der Waals surface area contributed by atoms with Gasteiger partial charge in [0.1, 0.15) is 5.82 Å². The van der Waals surface area contributed by atoms with Gasteiger partial charge < -0.3 is 15.5 Å². The smallest absolute Gasteiger partial charge is 0.223 e. The Kier molecular flexibility index (Phi) is 6.21. The number of carbonyl (C=O) groups excluding carboxylic acids is 1. The average molecular weight is 443 g/mol. The summed E-state index contributed by atoms with van der Waals surface area (Å²) in [5.74, 6) is 2.33. The minimum atomic E-state index is 0.162. The summed E-state index contributed by atoms with van der Waals surface area (Å²) >= 11 is 0. The maximum atomic E-state index is 12.6. The number of fused-ring (bicyclic) bond motifs is 1. The van der Waals surface area contributed by atoms with Gasteiger partial charge in [0, 0.05) is 49.7 Å². The van der Waals surface area contributed by atoms with Crippen LogP contribution >= 0.6 is 0 Å². The molecule has 1 aromatic heterocycles. The fourth-order valence-corrected chi connectivity index (χ4v) is 5.25. The van der Waals surface area contributed by atoms with E-state index in [-0.39, 0.29) is 11.8 Å². The third-order valence-corrected chi connectivity index (χ3v) is 7.29. The van der Waals surface area contributed by atoms with Gasteiger partial charge in [-0.25, -0.2) is 4.98 Å². The summed E-state index contributed by atoms with van der Waals surface area (Å²) in [5.41, 5.74) is 3.51. The number of para-hydroxylation sites is 1. The van der Waals surface area contributed by atoms with E-state index in [2.05, 4.69) is 78.2 Å². The molecule has 5 heteroatoms. The van der Waals surface area contributed by atoms with Crippen LogP contribution in [0.15, 0.2) is 60.7 Å². The molecule has 0 bridgehead atoms. The minimum absolute atomic E-state index is 0.162. The molecule has 5 nitrogen and oxygen atoms in total. The normalized spacial score (nSPS) is 24.3. The van der Waals surface area contributed by atoms with Crippen LogP contribution in [0.25, 0.3) is 10.9 Å². The Morgan fingerprint density at radius 1 is 1.00 bits per heavy atom. The highest BCUT2D eigenvalue weighted by molar-refractivity contribution is 5.93. The van der Waals surface area contributed by atoms with Gasteiger partial charge in [-0.1, -0.05) is 48.5 Å². The Balaban J connectivity index is 1.10. The molecule has 2 aliphatic carbocycles. The number of anilines is 2. The number of hydrogen-bond donors (Lipinski definition) is 2. The summed E-state index contributed by atoms with van der Waals surface area (Å²) in [5, 5.41) is 8.10. The second-order valence-corrected chi connectivity index (χ2v) is 9.90. The molecular formula is C28H34N4O. The number of nitrogens with one attached hydrogen (secondary N) is 2. The number of rotatable bonds is 7. The molecule has 2 fully saturated rings. The van der Waals surface area contributed by atoms with Gasteiger partial charge in [0.05, 0.1) is 5.52 Å². The number of pyridine rings is 1.